The van der Waals surface area contributed by atoms with E-state index >= 15 is 0 Å². The van der Waals surface area contributed by atoms with Crippen LogP contribution in [-0.4, -0.2) is 10.8 Å². The van der Waals surface area contributed by atoms with Gasteiger partial charge in [0.2, 0.25) is 0 Å². The van der Waals surface area contributed by atoms with E-state index in [9.17, 15) is 4.79 Å². The third-order valence-corrected chi connectivity index (χ3v) is 1.20. The summed E-state index contributed by atoms with van der Waals surface area (Å²) in [5.74, 6) is -0.00352. The summed E-state index contributed by atoms with van der Waals surface area (Å²) in [6, 6.07) is 0. The van der Waals surface area contributed by atoms with Gasteiger partial charge in [-0.1, -0.05) is 0 Å². The number of carbonyl (C=O) groups is 1. The van der Waals surface area contributed by atoms with Gasteiger partial charge in [0.15, 0.2) is 23.9 Å². The van der Waals surface area contributed by atoms with Gasteiger partial charge in [-0.15, -0.1) is 0 Å². The van der Waals surface area contributed by atoms with Gasteiger partial charge in [-0.25, -0.2) is 9.55 Å². The molecule has 0 aromatic carbocycles. The van der Waals surface area contributed by atoms with Gasteiger partial charge < -0.3 is 0 Å². The summed E-state index contributed by atoms with van der Waals surface area (Å²) >= 11 is 0. The first-order valence-electron chi connectivity index (χ1n) is 3.02. The molecular formula is C7H9N2O+. The highest BCUT2D eigenvalue weighted by molar-refractivity contribution is 5.91. The Labute approximate surface area is 59.3 Å². The fourth-order valence-electron chi connectivity index (χ4n) is 0.670. The number of rotatable bonds is 1. The molecule has 0 atom stereocenters. The molecule has 0 saturated carbocycles. The maximum Gasteiger partial charge on any atom is 0.198 e. The summed E-state index contributed by atoms with van der Waals surface area (Å²) in [6.45, 7) is 1.50. The van der Waals surface area contributed by atoms with E-state index in [1.54, 1.807) is 23.2 Å². The van der Waals surface area contributed by atoms with Gasteiger partial charge in [-0.05, 0) is 0 Å². The molecule has 0 aliphatic rings. The molecule has 1 aromatic heterocycles. The molecule has 0 bridgehead atoms. The summed E-state index contributed by atoms with van der Waals surface area (Å²) in [5, 5.41) is 0. The van der Waals surface area contributed by atoms with Crippen LogP contribution in [0.25, 0.3) is 0 Å². The van der Waals surface area contributed by atoms with E-state index in [0.29, 0.717) is 5.69 Å². The van der Waals surface area contributed by atoms with E-state index in [4.69, 9.17) is 0 Å². The third kappa shape index (κ3) is 1.37. The second-order valence-electron chi connectivity index (χ2n) is 2.16. The number of aryl methyl sites for hydroxylation is 1. The van der Waals surface area contributed by atoms with Gasteiger partial charge in [-0.3, -0.25) is 4.79 Å². The molecule has 1 aromatic rings. The average Bonchev–Trinajstić information content (AvgIpc) is 1.88. The first-order valence-corrected chi connectivity index (χ1v) is 3.02. The highest BCUT2D eigenvalue weighted by atomic mass is 16.1. The predicted octanol–water partition coefficient (Wildman–Crippen LogP) is 0.109. The van der Waals surface area contributed by atoms with Crippen LogP contribution in [-0.2, 0) is 7.05 Å². The lowest BCUT2D eigenvalue weighted by Crippen LogP contribution is -2.28. The summed E-state index contributed by atoms with van der Waals surface area (Å²) in [6.07, 6.45) is 5.09. The molecule has 0 N–H and O–H groups in total. The number of ketones is 1. The molecule has 0 unspecified atom stereocenters. The Kier molecular flexibility index (Phi) is 1.76. The zero-order chi connectivity index (χ0) is 7.56. The Bertz CT molecular complexity index is 258. The average molecular weight is 137 g/mol. The number of hydrogen-bond donors (Lipinski definition) is 0. The summed E-state index contributed by atoms with van der Waals surface area (Å²) < 4.78 is 1.80. The van der Waals surface area contributed by atoms with Crippen molar-refractivity contribution in [1.82, 2.24) is 4.98 Å². The van der Waals surface area contributed by atoms with Crippen LogP contribution in [0.4, 0.5) is 0 Å². The lowest BCUT2D eigenvalue weighted by molar-refractivity contribution is -0.672. The van der Waals surface area contributed by atoms with Crippen molar-refractivity contribution >= 4 is 5.78 Å². The van der Waals surface area contributed by atoms with E-state index < -0.39 is 0 Å². The van der Waals surface area contributed by atoms with Crippen molar-refractivity contribution < 1.29 is 9.36 Å². The topological polar surface area (TPSA) is 33.8 Å². The van der Waals surface area contributed by atoms with E-state index in [1.165, 1.54) is 6.92 Å². The molecule has 3 nitrogen and oxygen atoms in total. The molecular weight excluding hydrogens is 128 g/mol. The van der Waals surface area contributed by atoms with E-state index in [1.807, 2.05) is 7.05 Å². The SMILES string of the molecule is CC(=O)c1c[n+](C)ccn1. The van der Waals surface area contributed by atoms with Crippen molar-refractivity contribution in [3.8, 4) is 0 Å². The summed E-state index contributed by atoms with van der Waals surface area (Å²) in [5.41, 5.74) is 0.505. The normalized spacial score (nSPS) is 9.40. The van der Waals surface area contributed by atoms with Crippen molar-refractivity contribution in [2.45, 2.75) is 6.92 Å². The molecule has 0 spiro atoms. The van der Waals surface area contributed by atoms with Crippen LogP contribution in [0.15, 0.2) is 18.6 Å². The van der Waals surface area contributed by atoms with Gasteiger partial charge in [0.05, 0.1) is 6.20 Å². The molecule has 10 heavy (non-hydrogen) atoms. The standard InChI is InChI=1S/C7H9N2O/c1-6(10)7-5-9(2)4-3-8-7/h3-5H,1-2H3/q+1. The molecule has 0 fully saturated rings. The Balaban J connectivity index is 3.07. The molecule has 1 heterocycles. The van der Waals surface area contributed by atoms with Crippen LogP contribution in [0.2, 0.25) is 0 Å². The molecule has 0 amide bonds. The van der Waals surface area contributed by atoms with E-state index in [0.717, 1.165) is 0 Å². The highest BCUT2D eigenvalue weighted by Gasteiger charge is 2.03. The quantitative estimate of drug-likeness (QED) is 0.406. The van der Waals surface area contributed by atoms with Gasteiger partial charge in [0.1, 0.15) is 7.05 Å². The van der Waals surface area contributed by atoms with E-state index in [2.05, 4.69) is 4.98 Å². The zero-order valence-corrected chi connectivity index (χ0v) is 6.03. The van der Waals surface area contributed by atoms with Gasteiger partial charge in [0.25, 0.3) is 0 Å². The number of aromatic nitrogens is 2. The lowest BCUT2D eigenvalue weighted by Gasteiger charge is -1.89. The fraction of sp³-hybridized carbons (Fsp3) is 0.286. The number of hydrogen-bond acceptors (Lipinski definition) is 2. The molecule has 1 rings (SSSR count). The van der Waals surface area contributed by atoms with Crippen molar-refractivity contribution in [2.75, 3.05) is 0 Å². The third-order valence-electron chi connectivity index (χ3n) is 1.20. The minimum atomic E-state index is -0.00352. The molecule has 0 aliphatic heterocycles. The Morgan fingerprint density at radius 3 is 2.80 bits per heavy atom. The zero-order valence-electron chi connectivity index (χ0n) is 6.03. The second kappa shape index (κ2) is 2.56. The van der Waals surface area contributed by atoms with Crippen LogP contribution in [0.3, 0.4) is 0 Å². The van der Waals surface area contributed by atoms with Gasteiger partial charge in [0, 0.05) is 6.92 Å². The molecule has 52 valence electrons. The lowest BCUT2D eigenvalue weighted by atomic mass is 10.3. The Morgan fingerprint density at radius 2 is 2.40 bits per heavy atom. The molecule has 3 heteroatoms. The first kappa shape index (κ1) is 6.86. The largest absolute Gasteiger partial charge is 0.293 e. The number of carbonyl (C=O) groups excluding carboxylic acids is 1. The van der Waals surface area contributed by atoms with E-state index in [-0.39, 0.29) is 5.78 Å². The number of nitrogens with zero attached hydrogens (tertiary/aromatic N) is 2. The Morgan fingerprint density at radius 1 is 1.70 bits per heavy atom. The fourth-order valence-corrected chi connectivity index (χ4v) is 0.670. The van der Waals surface area contributed by atoms with Crippen molar-refractivity contribution in [1.29, 1.82) is 0 Å². The number of Topliss-reactive ketones (excluding diaryl/α,β-unsaturated/α-hetero) is 1. The minimum Gasteiger partial charge on any atom is -0.293 e. The molecule has 0 aliphatic carbocycles. The predicted molar refractivity (Wildman–Crippen MR) is 35.4 cm³/mol. The van der Waals surface area contributed by atoms with Crippen molar-refractivity contribution in [3.63, 3.8) is 0 Å². The van der Waals surface area contributed by atoms with Crippen LogP contribution in [0.5, 0.6) is 0 Å². The van der Waals surface area contributed by atoms with Gasteiger partial charge >= 0.3 is 0 Å². The van der Waals surface area contributed by atoms with Crippen LogP contribution < -0.4 is 4.57 Å². The monoisotopic (exact) mass is 137 g/mol. The van der Waals surface area contributed by atoms with Crippen LogP contribution in [0.1, 0.15) is 17.4 Å². The molecule has 0 saturated heterocycles. The van der Waals surface area contributed by atoms with Crippen LogP contribution >= 0.6 is 0 Å². The maximum atomic E-state index is 10.7. The molecule has 0 radical (unpaired) electrons. The smallest absolute Gasteiger partial charge is 0.198 e. The second-order valence-corrected chi connectivity index (χ2v) is 2.16. The summed E-state index contributed by atoms with van der Waals surface area (Å²) in [7, 11) is 1.86. The highest BCUT2D eigenvalue weighted by Crippen LogP contribution is 1.87. The van der Waals surface area contributed by atoms with Crippen molar-refractivity contribution in [2.24, 2.45) is 7.05 Å². The summed E-state index contributed by atoms with van der Waals surface area (Å²) in [4.78, 5) is 14.6. The van der Waals surface area contributed by atoms with Gasteiger partial charge in [-0.2, -0.15) is 0 Å². The minimum absolute atomic E-state index is 0.00352. The Hall–Kier alpha value is -1.25. The van der Waals surface area contributed by atoms with Crippen molar-refractivity contribution in [3.05, 3.63) is 24.3 Å². The first-order chi connectivity index (χ1) is 4.70. The maximum absolute atomic E-state index is 10.7. The van der Waals surface area contributed by atoms with Crippen LogP contribution in [0, 0.1) is 0 Å².